The molecule has 1 aliphatic carbocycles. The molecule has 7 heteroatoms. The molecule has 0 spiro atoms. The molecule has 1 fully saturated rings. The van der Waals surface area contributed by atoms with E-state index in [2.05, 4.69) is 4.74 Å². The Labute approximate surface area is 121 Å². The molecular weight excluding hydrogens is 284 g/mol. The van der Waals surface area contributed by atoms with Crippen LogP contribution < -0.4 is 9.47 Å². The van der Waals surface area contributed by atoms with Crippen molar-refractivity contribution >= 4 is 5.97 Å². The lowest BCUT2D eigenvalue weighted by molar-refractivity contribution is -0.138. The maximum atomic E-state index is 12.4. The van der Waals surface area contributed by atoms with E-state index in [9.17, 15) is 13.6 Å². The predicted molar refractivity (Wildman–Crippen MR) is 70.7 cm³/mol. The first-order valence-corrected chi connectivity index (χ1v) is 6.57. The van der Waals surface area contributed by atoms with Crippen molar-refractivity contribution in [3.63, 3.8) is 0 Å². The molecule has 0 aromatic heterocycles. The summed E-state index contributed by atoms with van der Waals surface area (Å²) < 4.78 is 34.1. The summed E-state index contributed by atoms with van der Waals surface area (Å²) in [7, 11) is 1.37. The number of nitrogens with zero attached hydrogens (tertiary/aromatic N) is 1. The number of carboxylic acid groups (broad SMARTS) is 1. The molecule has 0 atom stereocenters. The summed E-state index contributed by atoms with van der Waals surface area (Å²) in [6.07, 6.45) is 1.92. The Kier molecular flexibility index (Phi) is 4.95. The van der Waals surface area contributed by atoms with Gasteiger partial charge in [0, 0.05) is 12.6 Å². The van der Waals surface area contributed by atoms with Crippen molar-refractivity contribution in [2.75, 3.05) is 13.7 Å². The number of rotatable bonds is 8. The van der Waals surface area contributed by atoms with Gasteiger partial charge in [-0.2, -0.15) is 8.78 Å². The number of aliphatic carboxylic acids is 1. The van der Waals surface area contributed by atoms with E-state index in [1.807, 2.05) is 4.90 Å². The van der Waals surface area contributed by atoms with Crippen LogP contribution in [0, 0.1) is 0 Å². The van der Waals surface area contributed by atoms with Gasteiger partial charge in [-0.05, 0) is 30.5 Å². The molecule has 0 aliphatic heterocycles. The zero-order valence-corrected chi connectivity index (χ0v) is 11.6. The zero-order chi connectivity index (χ0) is 15.4. The van der Waals surface area contributed by atoms with Gasteiger partial charge in [-0.3, -0.25) is 9.69 Å². The van der Waals surface area contributed by atoms with Crippen LogP contribution in [0.3, 0.4) is 0 Å². The molecule has 0 amide bonds. The third-order valence-corrected chi connectivity index (χ3v) is 3.23. The number of methoxy groups -OCH3 is 1. The molecule has 1 aromatic rings. The average Bonchev–Trinajstić information content (AvgIpc) is 3.21. The largest absolute Gasteiger partial charge is 0.493 e. The highest BCUT2D eigenvalue weighted by Crippen LogP contribution is 2.32. The van der Waals surface area contributed by atoms with E-state index < -0.39 is 12.6 Å². The number of carbonyl (C=O) groups is 1. The smallest absolute Gasteiger partial charge is 0.387 e. The number of benzene rings is 1. The van der Waals surface area contributed by atoms with Gasteiger partial charge in [0.2, 0.25) is 0 Å². The second-order valence-corrected chi connectivity index (χ2v) is 4.89. The van der Waals surface area contributed by atoms with Crippen molar-refractivity contribution in [2.24, 2.45) is 0 Å². The van der Waals surface area contributed by atoms with Crippen LogP contribution in [0.1, 0.15) is 18.4 Å². The Hall–Kier alpha value is -1.89. The van der Waals surface area contributed by atoms with E-state index in [0.717, 1.165) is 12.8 Å². The second-order valence-electron chi connectivity index (χ2n) is 4.89. The molecule has 0 radical (unpaired) electrons. The molecule has 1 aliphatic rings. The fourth-order valence-corrected chi connectivity index (χ4v) is 2.17. The molecule has 5 nitrogen and oxygen atoms in total. The van der Waals surface area contributed by atoms with E-state index in [0.29, 0.717) is 12.1 Å². The lowest BCUT2D eigenvalue weighted by atomic mass is 10.2. The lowest BCUT2D eigenvalue weighted by Gasteiger charge is -2.20. The van der Waals surface area contributed by atoms with Crippen LogP contribution >= 0.6 is 0 Å². The lowest BCUT2D eigenvalue weighted by Crippen LogP contribution is -2.31. The number of carboxylic acids is 1. The first kappa shape index (κ1) is 15.5. The van der Waals surface area contributed by atoms with Gasteiger partial charge in [-0.1, -0.05) is 6.07 Å². The second kappa shape index (κ2) is 6.71. The van der Waals surface area contributed by atoms with Crippen molar-refractivity contribution < 1.29 is 28.2 Å². The first-order valence-electron chi connectivity index (χ1n) is 6.57. The van der Waals surface area contributed by atoms with Crippen LogP contribution in [0.2, 0.25) is 0 Å². The quantitative estimate of drug-likeness (QED) is 0.798. The van der Waals surface area contributed by atoms with E-state index in [4.69, 9.17) is 9.84 Å². The summed E-state index contributed by atoms with van der Waals surface area (Å²) in [6, 6.07) is 4.97. The van der Waals surface area contributed by atoms with Crippen LogP contribution in [0.25, 0.3) is 0 Å². The van der Waals surface area contributed by atoms with Gasteiger partial charge in [0.25, 0.3) is 0 Å². The molecule has 1 saturated carbocycles. The van der Waals surface area contributed by atoms with Gasteiger partial charge in [-0.25, -0.2) is 0 Å². The van der Waals surface area contributed by atoms with Gasteiger partial charge >= 0.3 is 12.6 Å². The zero-order valence-electron chi connectivity index (χ0n) is 11.6. The van der Waals surface area contributed by atoms with Crippen LogP contribution in [0.15, 0.2) is 18.2 Å². The Morgan fingerprint density at radius 2 is 2.14 bits per heavy atom. The molecule has 116 valence electrons. The van der Waals surface area contributed by atoms with E-state index in [1.165, 1.54) is 13.2 Å². The van der Waals surface area contributed by atoms with Gasteiger partial charge in [0.15, 0.2) is 11.5 Å². The highest BCUT2D eigenvalue weighted by Gasteiger charge is 2.30. The van der Waals surface area contributed by atoms with Gasteiger partial charge in [0.1, 0.15) is 0 Å². The number of hydrogen-bond donors (Lipinski definition) is 1. The number of ether oxygens (including phenoxy) is 2. The molecule has 1 aromatic carbocycles. The summed E-state index contributed by atoms with van der Waals surface area (Å²) in [4.78, 5) is 12.7. The van der Waals surface area contributed by atoms with Crippen molar-refractivity contribution in [2.45, 2.75) is 32.0 Å². The highest BCUT2D eigenvalue weighted by atomic mass is 19.3. The highest BCUT2D eigenvalue weighted by molar-refractivity contribution is 5.69. The molecule has 0 unspecified atom stereocenters. The SMILES string of the molecule is COc1ccc(CN(CC(=O)O)C2CC2)cc1OC(F)F. The molecule has 2 rings (SSSR count). The van der Waals surface area contributed by atoms with Gasteiger partial charge in [0.05, 0.1) is 13.7 Å². The third kappa shape index (κ3) is 4.56. The normalized spacial score (nSPS) is 14.5. The number of alkyl halides is 2. The fraction of sp³-hybridized carbons (Fsp3) is 0.500. The van der Waals surface area contributed by atoms with Crippen LogP contribution in [-0.4, -0.2) is 42.3 Å². The first-order chi connectivity index (χ1) is 9.99. The van der Waals surface area contributed by atoms with E-state index in [1.54, 1.807) is 12.1 Å². The Bertz CT molecular complexity index is 506. The maximum absolute atomic E-state index is 12.4. The number of hydrogen-bond acceptors (Lipinski definition) is 4. The van der Waals surface area contributed by atoms with Crippen molar-refractivity contribution in [3.8, 4) is 11.5 Å². The predicted octanol–water partition coefficient (Wildman–Crippen LogP) is 2.35. The van der Waals surface area contributed by atoms with Crippen molar-refractivity contribution in [1.29, 1.82) is 0 Å². The molecular formula is C14H17F2NO4. The monoisotopic (exact) mass is 301 g/mol. The Morgan fingerprint density at radius 1 is 1.43 bits per heavy atom. The fourth-order valence-electron chi connectivity index (χ4n) is 2.17. The van der Waals surface area contributed by atoms with Crippen LogP contribution in [0.4, 0.5) is 8.78 Å². The minimum atomic E-state index is -2.94. The van der Waals surface area contributed by atoms with Crippen molar-refractivity contribution in [1.82, 2.24) is 4.90 Å². The Balaban J connectivity index is 2.12. The van der Waals surface area contributed by atoms with Gasteiger partial charge < -0.3 is 14.6 Å². The molecule has 0 heterocycles. The molecule has 0 saturated heterocycles. The van der Waals surface area contributed by atoms with Gasteiger partial charge in [-0.15, -0.1) is 0 Å². The summed E-state index contributed by atoms with van der Waals surface area (Å²) in [5.41, 5.74) is 0.708. The molecule has 1 N–H and O–H groups in total. The van der Waals surface area contributed by atoms with Crippen molar-refractivity contribution in [3.05, 3.63) is 23.8 Å². The summed E-state index contributed by atoms with van der Waals surface area (Å²) in [5.74, 6) is -0.731. The molecule has 21 heavy (non-hydrogen) atoms. The topological polar surface area (TPSA) is 59.0 Å². The number of halogens is 2. The minimum Gasteiger partial charge on any atom is -0.493 e. The molecule has 0 bridgehead atoms. The Morgan fingerprint density at radius 3 is 2.67 bits per heavy atom. The summed E-state index contributed by atoms with van der Waals surface area (Å²) >= 11 is 0. The van der Waals surface area contributed by atoms with Crippen LogP contribution in [0.5, 0.6) is 11.5 Å². The standard InChI is InChI=1S/C14H17F2NO4/c1-20-11-5-2-9(6-12(11)21-14(15)16)7-17(8-13(18)19)10-3-4-10/h2,5-6,10,14H,3-4,7-8H2,1H3,(H,18,19). The van der Waals surface area contributed by atoms with E-state index >= 15 is 0 Å². The maximum Gasteiger partial charge on any atom is 0.387 e. The van der Waals surface area contributed by atoms with E-state index in [-0.39, 0.29) is 24.1 Å². The summed E-state index contributed by atoms with van der Waals surface area (Å²) in [5, 5.41) is 8.91. The third-order valence-electron chi connectivity index (χ3n) is 3.23. The van der Waals surface area contributed by atoms with Crippen LogP contribution in [-0.2, 0) is 11.3 Å². The summed E-state index contributed by atoms with van der Waals surface area (Å²) in [6.45, 7) is -2.63. The average molecular weight is 301 g/mol. The minimum absolute atomic E-state index is 0.0453.